The molecule has 0 saturated carbocycles. The molecule has 1 fully saturated rings. The zero-order valence-electron chi connectivity index (χ0n) is 10.1. The number of nitrogens with one attached hydrogen (secondary N) is 1. The minimum Gasteiger partial charge on any atom is -0.489 e. The molecule has 1 aliphatic rings. The summed E-state index contributed by atoms with van der Waals surface area (Å²) < 4.78 is 10.5. The first-order chi connectivity index (χ1) is 8.72. The van der Waals surface area contributed by atoms with Gasteiger partial charge in [0, 0.05) is 12.1 Å². The molecule has 2 rings (SSSR count). The van der Waals surface area contributed by atoms with Gasteiger partial charge in [0.1, 0.15) is 24.5 Å². The highest BCUT2D eigenvalue weighted by Crippen LogP contribution is 2.23. The van der Waals surface area contributed by atoms with E-state index >= 15 is 0 Å². The lowest BCUT2D eigenvalue weighted by Gasteiger charge is -2.09. The fourth-order valence-corrected chi connectivity index (χ4v) is 1.42. The topological polar surface area (TPSA) is 74.7 Å². The number of anilines is 1. The number of epoxide rings is 1. The van der Waals surface area contributed by atoms with Crippen LogP contribution in [0.3, 0.4) is 0 Å². The molecule has 1 aliphatic heterocycles. The second-order valence-electron chi connectivity index (χ2n) is 3.99. The molecule has 1 unspecified atom stereocenters. The molecule has 1 aromatic carbocycles. The minimum atomic E-state index is -0.0843. The Labute approximate surface area is 105 Å². The Morgan fingerprint density at radius 1 is 1.67 bits per heavy atom. The van der Waals surface area contributed by atoms with Crippen LogP contribution in [-0.4, -0.2) is 25.2 Å². The molecule has 1 N–H and O–H groups in total. The summed E-state index contributed by atoms with van der Waals surface area (Å²) in [5, 5.41) is 11.7. The molecule has 94 valence electrons. The van der Waals surface area contributed by atoms with Crippen LogP contribution in [0.25, 0.3) is 0 Å². The Hall–Kier alpha value is -2.06. The summed E-state index contributed by atoms with van der Waals surface area (Å²) in [4.78, 5) is 11.2. The fourth-order valence-electron chi connectivity index (χ4n) is 1.42. The molecular formula is C13H14N2O3. The number of amides is 1. The van der Waals surface area contributed by atoms with Gasteiger partial charge in [-0.2, -0.15) is 5.26 Å². The molecule has 0 aliphatic carbocycles. The zero-order chi connectivity index (χ0) is 13.0. The number of benzene rings is 1. The van der Waals surface area contributed by atoms with Gasteiger partial charge in [0.05, 0.1) is 12.2 Å². The van der Waals surface area contributed by atoms with Gasteiger partial charge in [-0.25, -0.2) is 0 Å². The molecule has 0 radical (unpaired) electrons. The average Bonchev–Trinajstić information content (AvgIpc) is 3.21. The minimum absolute atomic E-state index is 0.0843. The first-order valence-electron chi connectivity index (χ1n) is 5.81. The van der Waals surface area contributed by atoms with Crippen molar-refractivity contribution in [1.29, 1.82) is 5.26 Å². The summed E-state index contributed by atoms with van der Waals surface area (Å²) in [7, 11) is 0. The number of nitrogens with zero attached hydrogens (tertiary/aromatic N) is 1. The first-order valence-corrected chi connectivity index (χ1v) is 5.81. The van der Waals surface area contributed by atoms with Crippen molar-refractivity contribution in [1.82, 2.24) is 0 Å². The van der Waals surface area contributed by atoms with Crippen molar-refractivity contribution in [2.45, 2.75) is 19.4 Å². The van der Waals surface area contributed by atoms with E-state index in [-0.39, 0.29) is 12.0 Å². The Morgan fingerprint density at radius 2 is 2.44 bits per heavy atom. The molecule has 0 spiro atoms. The molecule has 5 nitrogen and oxygen atoms in total. The Balaban J connectivity index is 2.06. The van der Waals surface area contributed by atoms with Crippen LogP contribution >= 0.6 is 0 Å². The summed E-state index contributed by atoms with van der Waals surface area (Å²) in [5.74, 6) is 0.432. The number of ether oxygens (including phenoxy) is 2. The van der Waals surface area contributed by atoms with Crippen molar-refractivity contribution in [2.75, 3.05) is 18.5 Å². The van der Waals surface area contributed by atoms with Crippen LogP contribution < -0.4 is 10.1 Å². The van der Waals surface area contributed by atoms with Gasteiger partial charge in [-0.3, -0.25) is 4.79 Å². The smallest absolute Gasteiger partial charge is 0.224 e. The molecule has 1 saturated heterocycles. The molecular weight excluding hydrogens is 232 g/mol. The van der Waals surface area contributed by atoms with Crippen LogP contribution in [0.4, 0.5) is 5.69 Å². The number of carbonyl (C=O) groups excluding carboxylic acids is 1. The van der Waals surface area contributed by atoms with E-state index in [1.165, 1.54) is 0 Å². The molecule has 1 heterocycles. The second kappa shape index (κ2) is 5.52. The average molecular weight is 246 g/mol. The van der Waals surface area contributed by atoms with Gasteiger partial charge in [0.15, 0.2) is 0 Å². The van der Waals surface area contributed by atoms with Gasteiger partial charge in [-0.1, -0.05) is 6.92 Å². The van der Waals surface area contributed by atoms with E-state index in [1.54, 1.807) is 25.1 Å². The lowest BCUT2D eigenvalue weighted by atomic mass is 10.2. The fraction of sp³-hybridized carbons (Fsp3) is 0.385. The predicted octanol–water partition coefficient (Wildman–Crippen LogP) is 1.68. The number of nitriles is 1. The van der Waals surface area contributed by atoms with Gasteiger partial charge in [-0.15, -0.1) is 0 Å². The largest absolute Gasteiger partial charge is 0.489 e. The third-order valence-electron chi connectivity index (χ3n) is 2.53. The first kappa shape index (κ1) is 12.4. The third kappa shape index (κ3) is 3.22. The van der Waals surface area contributed by atoms with Crippen molar-refractivity contribution in [3.63, 3.8) is 0 Å². The van der Waals surface area contributed by atoms with Crippen molar-refractivity contribution in [3.05, 3.63) is 23.8 Å². The van der Waals surface area contributed by atoms with Crippen LogP contribution in [0, 0.1) is 11.3 Å². The van der Waals surface area contributed by atoms with E-state index in [9.17, 15) is 4.79 Å². The van der Waals surface area contributed by atoms with E-state index in [4.69, 9.17) is 14.7 Å². The van der Waals surface area contributed by atoms with E-state index in [0.717, 1.165) is 0 Å². The van der Waals surface area contributed by atoms with Gasteiger partial charge in [-0.05, 0) is 18.2 Å². The quantitative estimate of drug-likeness (QED) is 0.802. The number of hydrogen-bond donors (Lipinski definition) is 1. The highest BCUT2D eigenvalue weighted by Gasteiger charge is 2.23. The lowest BCUT2D eigenvalue weighted by Crippen LogP contribution is -2.10. The predicted molar refractivity (Wildman–Crippen MR) is 65.3 cm³/mol. The van der Waals surface area contributed by atoms with E-state index in [1.807, 2.05) is 0 Å². The number of rotatable bonds is 5. The highest BCUT2D eigenvalue weighted by molar-refractivity contribution is 5.90. The van der Waals surface area contributed by atoms with Crippen LogP contribution in [0.15, 0.2) is 18.2 Å². The maximum Gasteiger partial charge on any atom is 0.224 e. The lowest BCUT2D eigenvalue weighted by molar-refractivity contribution is -0.115. The van der Waals surface area contributed by atoms with Crippen LogP contribution in [0.5, 0.6) is 5.75 Å². The number of hydrogen-bond acceptors (Lipinski definition) is 4. The van der Waals surface area contributed by atoms with Crippen LogP contribution in [0.1, 0.15) is 18.9 Å². The summed E-state index contributed by atoms with van der Waals surface area (Å²) >= 11 is 0. The van der Waals surface area contributed by atoms with Gasteiger partial charge in [0.25, 0.3) is 0 Å². The molecule has 0 bridgehead atoms. The monoisotopic (exact) mass is 246 g/mol. The third-order valence-corrected chi connectivity index (χ3v) is 2.53. The Kier molecular flexibility index (Phi) is 3.80. The SMILES string of the molecule is CCC(=O)Nc1ccc(OCC2CO2)c(C#N)c1. The summed E-state index contributed by atoms with van der Waals surface area (Å²) in [6, 6.07) is 7.07. The van der Waals surface area contributed by atoms with Crippen molar-refractivity contribution in [2.24, 2.45) is 0 Å². The van der Waals surface area contributed by atoms with Crippen LogP contribution in [-0.2, 0) is 9.53 Å². The highest BCUT2D eigenvalue weighted by atomic mass is 16.6. The van der Waals surface area contributed by atoms with Gasteiger partial charge < -0.3 is 14.8 Å². The Bertz CT molecular complexity index is 489. The molecule has 18 heavy (non-hydrogen) atoms. The summed E-state index contributed by atoms with van der Waals surface area (Å²) in [6.07, 6.45) is 0.551. The van der Waals surface area contributed by atoms with E-state index < -0.39 is 0 Å². The van der Waals surface area contributed by atoms with Crippen LogP contribution in [0.2, 0.25) is 0 Å². The standard InChI is InChI=1S/C13H14N2O3/c1-2-13(16)15-10-3-4-12(9(5-10)6-14)18-8-11-7-17-11/h3-5,11H,2,7-8H2,1H3,(H,15,16). The van der Waals surface area contributed by atoms with Gasteiger partial charge >= 0.3 is 0 Å². The zero-order valence-corrected chi connectivity index (χ0v) is 10.1. The number of carbonyl (C=O) groups is 1. The van der Waals surface area contributed by atoms with E-state index in [0.29, 0.717) is 36.6 Å². The summed E-state index contributed by atoms with van der Waals surface area (Å²) in [6.45, 7) is 2.94. The Morgan fingerprint density at radius 3 is 3.06 bits per heavy atom. The molecule has 5 heteroatoms. The molecule has 1 atom stereocenters. The van der Waals surface area contributed by atoms with Crippen molar-refractivity contribution in [3.8, 4) is 11.8 Å². The maximum absolute atomic E-state index is 11.2. The summed E-state index contributed by atoms with van der Waals surface area (Å²) in [5.41, 5.74) is 1.01. The molecule has 1 amide bonds. The second-order valence-corrected chi connectivity index (χ2v) is 3.99. The normalized spacial score (nSPS) is 16.8. The molecule has 1 aromatic rings. The maximum atomic E-state index is 11.2. The molecule has 0 aromatic heterocycles. The van der Waals surface area contributed by atoms with Crippen molar-refractivity contribution < 1.29 is 14.3 Å². The van der Waals surface area contributed by atoms with Crippen molar-refractivity contribution >= 4 is 11.6 Å². The van der Waals surface area contributed by atoms with Gasteiger partial charge in [0.2, 0.25) is 5.91 Å². The van der Waals surface area contributed by atoms with E-state index in [2.05, 4.69) is 11.4 Å².